The standard InChI is InChI=1S/C13H20N2O4S/c1-4-5-9(2)15-20(18,19)12-8-10(13(16)17)6-7-11(12)14-3/h6-9,14-15H,4-5H2,1-3H3,(H,16,17)/t9-/m0/s1. The molecule has 0 saturated heterocycles. The third kappa shape index (κ3) is 3.94. The molecule has 1 aromatic carbocycles. The summed E-state index contributed by atoms with van der Waals surface area (Å²) in [5, 5.41) is 11.7. The van der Waals surface area contributed by atoms with Gasteiger partial charge in [-0.2, -0.15) is 0 Å². The summed E-state index contributed by atoms with van der Waals surface area (Å²) in [6.45, 7) is 3.75. The SMILES string of the molecule is CCC[C@H](C)NS(=O)(=O)c1cc(C(=O)O)ccc1NC. The van der Waals surface area contributed by atoms with E-state index in [1.165, 1.54) is 12.1 Å². The van der Waals surface area contributed by atoms with Gasteiger partial charge in [0.1, 0.15) is 4.90 Å². The number of nitrogens with one attached hydrogen (secondary N) is 2. The summed E-state index contributed by atoms with van der Waals surface area (Å²) in [6, 6.07) is 3.77. The van der Waals surface area contributed by atoms with Gasteiger partial charge in [0.2, 0.25) is 10.0 Å². The fourth-order valence-electron chi connectivity index (χ4n) is 1.90. The Labute approximate surface area is 119 Å². The van der Waals surface area contributed by atoms with Crippen LogP contribution in [-0.2, 0) is 10.0 Å². The lowest BCUT2D eigenvalue weighted by atomic mass is 10.2. The molecule has 20 heavy (non-hydrogen) atoms. The van der Waals surface area contributed by atoms with Crippen molar-refractivity contribution < 1.29 is 18.3 Å². The van der Waals surface area contributed by atoms with E-state index >= 15 is 0 Å². The van der Waals surface area contributed by atoms with E-state index in [4.69, 9.17) is 5.11 Å². The number of carboxylic acids is 1. The molecule has 0 saturated carbocycles. The molecule has 0 spiro atoms. The van der Waals surface area contributed by atoms with E-state index < -0.39 is 16.0 Å². The average Bonchev–Trinajstić information content (AvgIpc) is 2.37. The highest BCUT2D eigenvalue weighted by atomic mass is 32.2. The number of anilines is 1. The minimum atomic E-state index is -3.76. The number of hydrogen-bond acceptors (Lipinski definition) is 4. The van der Waals surface area contributed by atoms with Crippen molar-refractivity contribution in [3.63, 3.8) is 0 Å². The maximum atomic E-state index is 12.3. The quantitative estimate of drug-likeness (QED) is 0.714. The zero-order valence-corrected chi connectivity index (χ0v) is 12.6. The normalized spacial score (nSPS) is 12.9. The molecule has 6 nitrogen and oxygen atoms in total. The van der Waals surface area contributed by atoms with E-state index in [2.05, 4.69) is 10.0 Å². The summed E-state index contributed by atoms with van der Waals surface area (Å²) in [6.07, 6.45) is 1.57. The summed E-state index contributed by atoms with van der Waals surface area (Å²) < 4.78 is 27.2. The van der Waals surface area contributed by atoms with Gasteiger partial charge in [-0.15, -0.1) is 0 Å². The lowest BCUT2D eigenvalue weighted by molar-refractivity contribution is 0.0696. The molecule has 1 atom stereocenters. The van der Waals surface area contributed by atoms with Gasteiger partial charge in [0.05, 0.1) is 11.3 Å². The largest absolute Gasteiger partial charge is 0.478 e. The van der Waals surface area contributed by atoms with Crippen LogP contribution in [0.5, 0.6) is 0 Å². The third-order valence-electron chi connectivity index (χ3n) is 2.87. The van der Waals surface area contributed by atoms with Gasteiger partial charge in [-0.25, -0.2) is 17.9 Å². The molecule has 0 amide bonds. The second kappa shape index (κ2) is 6.71. The first kappa shape index (κ1) is 16.5. The van der Waals surface area contributed by atoms with Crippen LogP contribution in [0.4, 0.5) is 5.69 Å². The van der Waals surface area contributed by atoms with E-state index in [1.807, 2.05) is 6.92 Å². The predicted molar refractivity (Wildman–Crippen MR) is 77.6 cm³/mol. The Kier molecular flexibility index (Phi) is 5.52. The van der Waals surface area contributed by atoms with Crippen molar-refractivity contribution in [2.45, 2.75) is 37.6 Å². The number of carboxylic acid groups (broad SMARTS) is 1. The van der Waals surface area contributed by atoms with Crippen LogP contribution in [0.25, 0.3) is 0 Å². The number of aromatic carboxylic acids is 1. The molecule has 0 radical (unpaired) electrons. The molecular formula is C13H20N2O4S. The Balaban J connectivity index is 3.21. The Morgan fingerprint density at radius 2 is 2.05 bits per heavy atom. The maximum Gasteiger partial charge on any atom is 0.335 e. The van der Waals surface area contributed by atoms with Crippen molar-refractivity contribution in [3.05, 3.63) is 23.8 Å². The van der Waals surface area contributed by atoms with Crippen LogP contribution in [0.1, 0.15) is 37.0 Å². The molecule has 0 aliphatic carbocycles. The van der Waals surface area contributed by atoms with Crippen LogP contribution >= 0.6 is 0 Å². The Hall–Kier alpha value is -1.60. The predicted octanol–water partition coefficient (Wildman–Crippen LogP) is 1.89. The summed E-state index contributed by atoms with van der Waals surface area (Å²) >= 11 is 0. The number of sulfonamides is 1. The first-order valence-electron chi connectivity index (χ1n) is 6.39. The summed E-state index contributed by atoms with van der Waals surface area (Å²) in [4.78, 5) is 10.9. The van der Waals surface area contributed by atoms with Crippen LogP contribution < -0.4 is 10.0 Å². The van der Waals surface area contributed by atoms with Gasteiger partial charge in [-0.1, -0.05) is 13.3 Å². The van der Waals surface area contributed by atoms with E-state index in [-0.39, 0.29) is 16.5 Å². The molecule has 0 unspecified atom stereocenters. The Bertz CT molecular complexity index is 584. The third-order valence-corrected chi connectivity index (χ3v) is 4.49. The minimum absolute atomic E-state index is 0.0529. The Morgan fingerprint density at radius 3 is 2.55 bits per heavy atom. The number of benzene rings is 1. The minimum Gasteiger partial charge on any atom is -0.478 e. The van der Waals surface area contributed by atoms with Gasteiger partial charge >= 0.3 is 5.97 Å². The van der Waals surface area contributed by atoms with Crippen molar-refractivity contribution in [1.29, 1.82) is 0 Å². The molecule has 112 valence electrons. The van der Waals surface area contributed by atoms with Crippen LogP contribution in [0.3, 0.4) is 0 Å². The number of carbonyl (C=O) groups is 1. The van der Waals surface area contributed by atoms with Crippen LogP contribution in [0.2, 0.25) is 0 Å². The van der Waals surface area contributed by atoms with Gasteiger partial charge in [-0.3, -0.25) is 0 Å². The smallest absolute Gasteiger partial charge is 0.335 e. The van der Waals surface area contributed by atoms with Crippen molar-refractivity contribution in [3.8, 4) is 0 Å². The molecular weight excluding hydrogens is 280 g/mol. The van der Waals surface area contributed by atoms with Gasteiger partial charge < -0.3 is 10.4 Å². The maximum absolute atomic E-state index is 12.3. The van der Waals surface area contributed by atoms with E-state index in [0.29, 0.717) is 12.1 Å². The van der Waals surface area contributed by atoms with Crippen molar-refractivity contribution in [2.24, 2.45) is 0 Å². The highest BCUT2D eigenvalue weighted by Gasteiger charge is 2.22. The highest BCUT2D eigenvalue weighted by Crippen LogP contribution is 2.23. The molecule has 0 bridgehead atoms. The lowest BCUT2D eigenvalue weighted by Crippen LogP contribution is -2.33. The van der Waals surface area contributed by atoms with Crippen LogP contribution in [-0.4, -0.2) is 32.6 Å². The molecule has 7 heteroatoms. The highest BCUT2D eigenvalue weighted by molar-refractivity contribution is 7.89. The van der Waals surface area contributed by atoms with Crippen LogP contribution in [0.15, 0.2) is 23.1 Å². The second-order valence-corrected chi connectivity index (χ2v) is 6.26. The van der Waals surface area contributed by atoms with Gasteiger partial charge in [0.25, 0.3) is 0 Å². The molecule has 3 N–H and O–H groups in total. The summed E-state index contributed by atoms with van der Waals surface area (Å²) in [5.74, 6) is -1.16. The average molecular weight is 300 g/mol. The summed E-state index contributed by atoms with van der Waals surface area (Å²) in [5.41, 5.74) is 0.304. The van der Waals surface area contributed by atoms with Crippen molar-refractivity contribution in [1.82, 2.24) is 4.72 Å². The van der Waals surface area contributed by atoms with Gasteiger partial charge in [0, 0.05) is 13.1 Å². The second-order valence-electron chi connectivity index (χ2n) is 4.58. The Morgan fingerprint density at radius 1 is 1.40 bits per heavy atom. The fraction of sp³-hybridized carbons (Fsp3) is 0.462. The molecule has 0 aromatic heterocycles. The topological polar surface area (TPSA) is 95.5 Å². The first-order chi connectivity index (χ1) is 9.31. The van der Waals surface area contributed by atoms with Crippen molar-refractivity contribution >= 4 is 21.7 Å². The zero-order chi connectivity index (χ0) is 15.3. The van der Waals surface area contributed by atoms with E-state index in [0.717, 1.165) is 12.5 Å². The monoisotopic (exact) mass is 300 g/mol. The van der Waals surface area contributed by atoms with E-state index in [1.54, 1.807) is 14.0 Å². The van der Waals surface area contributed by atoms with Crippen molar-refractivity contribution in [2.75, 3.05) is 12.4 Å². The number of hydrogen-bond donors (Lipinski definition) is 3. The zero-order valence-electron chi connectivity index (χ0n) is 11.8. The molecule has 0 heterocycles. The number of rotatable bonds is 7. The summed E-state index contributed by atoms with van der Waals surface area (Å²) in [7, 11) is -2.17. The molecule has 1 rings (SSSR count). The molecule has 0 aliphatic heterocycles. The first-order valence-corrected chi connectivity index (χ1v) is 7.87. The molecule has 0 fully saturated rings. The molecule has 1 aromatic rings. The van der Waals surface area contributed by atoms with E-state index in [9.17, 15) is 13.2 Å². The van der Waals surface area contributed by atoms with Gasteiger partial charge in [-0.05, 0) is 31.5 Å². The molecule has 0 aliphatic rings. The van der Waals surface area contributed by atoms with Crippen LogP contribution in [0, 0.1) is 0 Å². The fourth-order valence-corrected chi connectivity index (χ4v) is 3.42. The van der Waals surface area contributed by atoms with Gasteiger partial charge in [0.15, 0.2) is 0 Å². The lowest BCUT2D eigenvalue weighted by Gasteiger charge is -2.16.